The Bertz CT molecular complexity index is 587. The first-order valence-electron chi connectivity index (χ1n) is 6.77. The molecule has 1 N–H and O–H groups in total. The average molecular weight is 271 g/mol. The van der Waals surface area contributed by atoms with E-state index in [0.717, 1.165) is 24.3 Å². The molecule has 0 aliphatic carbocycles. The molecule has 1 saturated heterocycles. The van der Waals surface area contributed by atoms with Crippen molar-refractivity contribution in [3.8, 4) is 0 Å². The summed E-state index contributed by atoms with van der Waals surface area (Å²) in [7, 11) is 0. The van der Waals surface area contributed by atoms with Crippen LogP contribution in [0.1, 0.15) is 12.5 Å². The van der Waals surface area contributed by atoms with E-state index in [2.05, 4.69) is 10.2 Å². The summed E-state index contributed by atoms with van der Waals surface area (Å²) in [6.07, 6.45) is 1.92. The van der Waals surface area contributed by atoms with Crippen LogP contribution in [0.3, 0.4) is 0 Å². The number of carbonyl (C=O) groups is 2. The number of para-hydroxylation sites is 1. The van der Waals surface area contributed by atoms with Gasteiger partial charge in [-0.25, -0.2) is 0 Å². The zero-order chi connectivity index (χ0) is 14.1. The number of hydrogen-bond donors (Lipinski definition) is 1. The van der Waals surface area contributed by atoms with Crippen LogP contribution in [-0.4, -0.2) is 47.8 Å². The van der Waals surface area contributed by atoms with E-state index in [0.29, 0.717) is 18.7 Å². The van der Waals surface area contributed by atoms with Gasteiger partial charge in [0.15, 0.2) is 0 Å². The molecule has 1 aromatic rings. The van der Waals surface area contributed by atoms with Gasteiger partial charge in [0, 0.05) is 50.6 Å². The van der Waals surface area contributed by atoms with Crippen molar-refractivity contribution in [1.29, 1.82) is 0 Å². The van der Waals surface area contributed by atoms with Crippen molar-refractivity contribution < 1.29 is 9.59 Å². The van der Waals surface area contributed by atoms with E-state index >= 15 is 0 Å². The second-order valence-electron chi connectivity index (χ2n) is 5.08. The van der Waals surface area contributed by atoms with Crippen LogP contribution >= 0.6 is 0 Å². The fourth-order valence-corrected chi connectivity index (χ4v) is 2.62. The number of rotatable bonds is 1. The summed E-state index contributed by atoms with van der Waals surface area (Å²) in [4.78, 5) is 27.2. The first-order valence-corrected chi connectivity index (χ1v) is 6.77. The number of fused-ring (bicyclic) bond motifs is 1. The van der Waals surface area contributed by atoms with Gasteiger partial charge in [-0.3, -0.25) is 9.59 Å². The maximum absolute atomic E-state index is 12.0. The molecule has 0 spiro atoms. The molecule has 20 heavy (non-hydrogen) atoms. The number of amides is 2. The highest BCUT2D eigenvalue weighted by Gasteiger charge is 2.25. The van der Waals surface area contributed by atoms with Crippen LogP contribution in [0.25, 0.3) is 5.57 Å². The van der Waals surface area contributed by atoms with Crippen LogP contribution in [-0.2, 0) is 9.59 Å². The first kappa shape index (κ1) is 12.7. The monoisotopic (exact) mass is 271 g/mol. The molecule has 1 fully saturated rings. The molecule has 2 aliphatic rings. The Hall–Kier alpha value is -2.30. The lowest BCUT2D eigenvalue weighted by Gasteiger charge is -2.33. The van der Waals surface area contributed by atoms with Crippen LogP contribution in [0.2, 0.25) is 0 Å². The highest BCUT2D eigenvalue weighted by molar-refractivity contribution is 6.31. The Morgan fingerprint density at radius 2 is 1.90 bits per heavy atom. The van der Waals surface area contributed by atoms with Crippen molar-refractivity contribution in [2.75, 3.05) is 31.5 Å². The van der Waals surface area contributed by atoms with Crippen LogP contribution in [0.5, 0.6) is 0 Å². The third-order valence-corrected chi connectivity index (χ3v) is 3.78. The smallest absolute Gasteiger partial charge is 0.257 e. The normalized spacial score (nSPS) is 20.1. The molecule has 0 unspecified atom stereocenters. The summed E-state index contributed by atoms with van der Waals surface area (Å²) >= 11 is 0. The largest absolute Gasteiger partial charge is 0.373 e. The second kappa shape index (κ2) is 5.00. The molecule has 104 valence electrons. The number of piperazine rings is 1. The van der Waals surface area contributed by atoms with Gasteiger partial charge in [0.2, 0.25) is 5.91 Å². The Morgan fingerprint density at radius 1 is 1.20 bits per heavy atom. The topological polar surface area (TPSA) is 52.7 Å². The van der Waals surface area contributed by atoms with E-state index in [1.807, 2.05) is 35.4 Å². The Kier molecular flexibility index (Phi) is 3.18. The first-order chi connectivity index (χ1) is 9.65. The minimum atomic E-state index is -0.0554. The molecule has 0 bridgehead atoms. The van der Waals surface area contributed by atoms with Gasteiger partial charge >= 0.3 is 0 Å². The van der Waals surface area contributed by atoms with E-state index in [1.54, 1.807) is 6.92 Å². The van der Waals surface area contributed by atoms with Gasteiger partial charge in [-0.15, -0.1) is 0 Å². The van der Waals surface area contributed by atoms with Gasteiger partial charge in [0.25, 0.3) is 5.91 Å². The molecule has 2 aliphatic heterocycles. The van der Waals surface area contributed by atoms with Gasteiger partial charge in [-0.1, -0.05) is 18.2 Å². The van der Waals surface area contributed by atoms with E-state index in [-0.39, 0.29) is 11.8 Å². The molecule has 0 radical (unpaired) electrons. The predicted molar refractivity (Wildman–Crippen MR) is 76.9 cm³/mol. The van der Waals surface area contributed by atoms with Gasteiger partial charge in [0.05, 0.1) is 5.57 Å². The summed E-state index contributed by atoms with van der Waals surface area (Å²) in [6.45, 7) is 4.54. The number of anilines is 1. The van der Waals surface area contributed by atoms with E-state index < -0.39 is 0 Å². The molecule has 3 rings (SSSR count). The predicted octanol–water partition coefficient (Wildman–Crippen LogP) is 1.14. The highest BCUT2D eigenvalue weighted by Crippen LogP contribution is 2.31. The van der Waals surface area contributed by atoms with Crippen molar-refractivity contribution in [1.82, 2.24) is 9.80 Å². The van der Waals surface area contributed by atoms with Crippen molar-refractivity contribution in [2.45, 2.75) is 6.92 Å². The number of carbonyl (C=O) groups excluding carboxylic acids is 2. The Labute approximate surface area is 117 Å². The second-order valence-corrected chi connectivity index (χ2v) is 5.08. The molecule has 1 aromatic carbocycles. The van der Waals surface area contributed by atoms with Crippen molar-refractivity contribution in [3.63, 3.8) is 0 Å². The summed E-state index contributed by atoms with van der Waals surface area (Å²) in [5.74, 6) is 0.0569. The molecule has 5 heteroatoms. The van der Waals surface area contributed by atoms with Gasteiger partial charge < -0.3 is 15.1 Å². The van der Waals surface area contributed by atoms with E-state index in [4.69, 9.17) is 0 Å². The van der Waals surface area contributed by atoms with Gasteiger partial charge in [-0.2, -0.15) is 0 Å². The molecular weight excluding hydrogens is 254 g/mol. The van der Waals surface area contributed by atoms with Crippen molar-refractivity contribution in [2.24, 2.45) is 0 Å². The quantitative estimate of drug-likeness (QED) is 0.779. The molecule has 5 nitrogen and oxygen atoms in total. The van der Waals surface area contributed by atoms with Crippen LogP contribution in [0.4, 0.5) is 5.69 Å². The number of nitrogens with zero attached hydrogens (tertiary/aromatic N) is 2. The zero-order valence-electron chi connectivity index (χ0n) is 11.4. The molecule has 0 saturated carbocycles. The number of benzene rings is 1. The Balaban J connectivity index is 1.77. The van der Waals surface area contributed by atoms with Crippen LogP contribution < -0.4 is 5.32 Å². The fourth-order valence-electron chi connectivity index (χ4n) is 2.62. The molecule has 2 heterocycles. The number of nitrogens with one attached hydrogen (secondary N) is 1. The molecule has 0 atom stereocenters. The van der Waals surface area contributed by atoms with Crippen molar-refractivity contribution in [3.05, 3.63) is 36.0 Å². The van der Waals surface area contributed by atoms with Crippen molar-refractivity contribution >= 4 is 23.1 Å². The maximum Gasteiger partial charge on any atom is 0.257 e. The molecule has 2 amide bonds. The van der Waals surface area contributed by atoms with Gasteiger partial charge in [0.1, 0.15) is 0 Å². The van der Waals surface area contributed by atoms with Crippen LogP contribution in [0.15, 0.2) is 30.5 Å². The van der Waals surface area contributed by atoms with Crippen LogP contribution in [0, 0.1) is 0 Å². The summed E-state index contributed by atoms with van der Waals surface area (Å²) in [6, 6.07) is 7.70. The molecular formula is C15H17N3O2. The maximum atomic E-state index is 12.0. The Morgan fingerprint density at radius 3 is 2.60 bits per heavy atom. The summed E-state index contributed by atoms with van der Waals surface area (Å²) in [5, 5.41) is 2.87. The fraction of sp³-hybridized carbons (Fsp3) is 0.333. The molecule has 0 aromatic heterocycles. The SMILES string of the molecule is CC(=O)N1CCN(/C=C2/C(=O)Nc3ccccc32)CC1. The average Bonchev–Trinajstić information content (AvgIpc) is 2.76. The zero-order valence-corrected chi connectivity index (χ0v) is 11.4. The third kappa shape index (κ3) is 2.27. The third-order valence-electron chi connectivity index (χ3n) is 3.78. The standard InChI is InChI=1S/C15H17N3O2/c1-11(19)18-8-6-17(7-9-18)10-13-12-4-2-3-5-14(12)16-15(13)20/h2-5,10H,6-9H2,1H3,(H,16,20)/b13-10+. The van der Waals surface area contributed by atoms with E-state index in [1.165, 1.54) is 0 Å². The van der Waals surface area contributed by atoms with Gasteiger partial charge in [-0.05, 0) is 6.07 Å². The lowest BCUT2D eigenvalue weighted by atomic mass is 10.1. The highest BCUT2D eigenvalue weighted by atomic mass is 16.2. The summed E-state index contributed by atoms with van der Waals surface area (Å²) < 4.78 is 0. The lowest BCUT2D eigenvalue weighted by Crippen LogP contribution is -2.46. The minimum Gasteiger partial charge on any atom is -0.373 e. The lowest BCUT2D eigenvalue weighted by molar-refractivity contribution is -0.130. The minimum absolute atomic E-state index is 0.0554. The van der Waals surface area contributed by atoms with E-state index in [9.17, 15) is 9.59 Å². The number of hydrogen-bond acceptors (Lipinski definition) is 3. The summed E-state index contributed by atoms with van der Waals surface area (Å²) in [5.41, 5.74) is 2.52.